The SMILES string of the molecule is CCSC(=Nc1ccccc1)N(Cc1ccc(OC)cc1)Cc1ccc(OC)cc1.I. The van der Waals surface area contributed by atoms with Crippen LogP contribution in [0.1, 0.15) is 18.1 Å². The summed E-state index contributed by atoms with van der Waals surface area (Å²) in [6.45, 7) is 3.67. The van der Waals surface area contributed by atoms with Crippen molar-refractivity contribution in [2.45, 2.75) is 20.0 Å². The molecule has 31 heavy (non-hydrogen) atoms. The number of thioether (sulfide) groups is 1. The molecule has 164 valence electrons. The summed E-state index contributed by atoms with van der Waals surface area (Å²) in [6.07, 6.45) is 0. The molecule has 0 radical (unpaired) electrons. The maximum Gasteiger partial charge on any atom is 0.164 e. The van der Waals surface area contributed by atoms with Crippen molar-refractivity contribution in [3.63, 3.8) is 0 Å². The number of hydrogen-bond donors (Lipinski definition) is 0. The van der Waals surface area contributed by atoms with Crippen LogP contribution in [-0.4, -0.2) is 30.0 Å². The van der Waals surface area contributed by atoms with Crippen molar-refractivity contribution in [1.29, 1.82) is 0 Å². The zero-order chi connectivity index (χ0) is 21.2. The first-order chi connectivity index (χ1) is 14.7. The molecule has 0 heterocycles. The Kier molecular flexibility index (Phi) is 10.7. The van der Waals surface area contributed by atoms with E-state index in [-0.39, 0.29) is 24.0 Å². The summed E-state index contributed by atoms with van der Waals surface area (Å²) in [5, 5.41) is 1.01. The van der Waals surface area contributed by atoms with E-state index in [9.17, 15) is 0 Å². The Hall–Kier alpha value is -2.19. The number of benzene rings is 3. The van der Waals surface area contributed by atoms with Crippen molar-refractivity contribution in [1.82, 2.24) is 4.90 Å². The van der Waals surface area contributed by atoms with Crippen molar-refractivity contribution in [3.8, 4) is 11.5 Å². The van der Waals surface area contributed by atoms with Gasteiger partial charge in [0.2, 0.25) is 0 Å². The third kappa shape index (κ3) is 7.78. The Labute approximate surface area is 206 Å². The molecule has 0 saturated carbocycles. The summed E-state index contributed by atoms with van der Waals surface area (Å²) in [6, 6.07) is 26.6. The fourth-order valence-corrected chi connectivity index (χ4v) is 3.77. The molecule has 3 rings (SSSR count). The Bertz CT molecular complexity index is 883. The zero-order valence-electron chi connectivity index (χ0n) is 18.2. The van der Waals surface area contributed by atoms with E-state index >= 15 is 0 Å². The van der Waals surface area contributed by atoms with Crippen LogP contribution in [0.3, 0.4) is 0 Å². The van der Waals surface area contributed by atoms with Gasteiger partial charge >= 0.3 is 0 Å². The van der Waals surface area contributed by atoms with Crippen LogP contribution in [0.4, 0.5) is 5.69 Å². The quantitative estimate of drug-likeness (QED) is 0.177. The van der Waals surface area contributed by atoms with Gasteiger partial charge in [-0.25, -0.2) is 4.99 Å². The molecule has 6 heteroatoms. The van der Waals surface area contributed by atoms with Crippen LogP contribution in [0.5, 0.6) is 11.5 Å². The first-order valence-corrected chi connectivity index (χ1v) is 11.0. The van der Waals surface area contributed by atoms with Gasteiger partial charge in [-0.05, 0) is 53.3 Å². The lowest BCUT2D eigenvalue weighted by molar-refractivity contribution is 0.405. The topological polar surface area (TPSA) is 34.1 Å². The predicted octanol–water partition coefficient (Wildman–Crippen LogP) is 6.76. The molecule has 0 bridgehead atoms. The summed E-state index contributed by atoms with van der Waals surface area (Å²) >= 11 is 1.76. The van der Waals surface area contributed by atoms with Crippen LogP contribution < -0.4 is 9.47 Å². The molecule has 0 unspecified atom stereocenters. The van der Waals surface area contributed by atoms with E-state index in [1.807, 2.05) is 54.6 Å². The lowest BCUT2D eigenvalue weighted by Gasteiger charge is -2.26. The number of hydrogen-bond acceptors (Lipinski definition) is 4. The average Bonchev–Trinajstić information content (AvgIpc) is 2.80. The summed E-state index contributed by atoms with van der Waals surface area (Å²) in [4.78, 5) is 7.29. The number of halogens is 1. The van der Waals surface area contributed by atoms with E-state index in [0.717, 1.165) is 41.2 Å². The van der Waals surface area contributed by atoms with Crippen LogP contribution in [0.2, 0.25) is 0 Å². The Morgan fingerprint density at radius 2 is 1.26 bits per heavy atom. The molecule has 0 fully saturated rings. The third-order valence-electron chi connectivity index (χ3n) is 4.59. The lowest BCUT2D eigenvalue weighted by atomic mass is 10.1. The maximum atomic E-state index is 5.30. The molecule has 0 saturated heterocycles. The molecular weight excluding hydrogens is 519 g/mol. The molecule has 0 atom stereocenters. The number of rotatable bonds is 8. The second kappa shape index (κ2) is 13.3. The highest BCUT2D eigenvalue weighted by molar-refractivity contribution is 14.0. The Balaban J connectivity index is 0.00000341. The zero-order valence-corrected chi connectivity index (χ0v) is 21.3. The molecule has 0 spiro atoms. The van der Waals surface area contributed by atoms with Gasteiger partial charge in [0.1, 0.15) is 11.5 Å². The van der Waals surface area contributed by atoms with Gasteiger partial charge in [-0.2, -0.15) is 0 Å². The molecule has 3 aromatic rings. The predicted molar refractivity (Wildman–Crippen MR) is 142 cm³/mol. The first kappa shape index (κ1) is 25.1. The average molecular weight is 548 g/mol. The number of aliphatic imine (C=N–C) groups is 1. The Morgan fingerprint density at radius 1 is 0.774 bits per heavy atom. The normalized spacial score (nSPS) is 10.9. The Morgan fingerprint density at radius 3 is 1.68 bits per heavy atom. The van der Waals surface area contributed by atoms with E-state index in [2.05, 4.69) is 36.1 Å². The van der Waals surface area contributed by atoms with Gasteiger partial charge in [-0.1, -0.05) is 61.2 Å². The highest BCUT2D eigenvalue weighted by Crippen LogP contribution is 2.23. The number of para-hydroxylation sites is 1. The molecule has 3 aromatic carbocycles. The van der Waals surface area contributed by atoms with Crippen LogP contribution in [0, 0.1) is 0 Å². The summed E-state index contributed by atoms with van der Waals surface area (Å²) in [5.41, 5.74) is 3.38. The summed E-state index contributed by atoms with van der Waals surface area (Å²) < 4.78 is 10.6. The van der Waals surface area contributed by atoms with Gasteiger partial charge in [0.25, 0.3) is 0 Å². The second-order valence-corrected chi connectivity index (χ2v) is 7.95. The van der Waals surface area contributed by atoms with Gasteiger partial charge in [0, 0.05) is 13.1 Å². The number of ether oxygens (including phenoxy) is 2. The largest absolute Gasteiger partial charge is 0.497 e. The van der Waals surface area contributed by atoms with E-state index in [1.165, 1.54) is 11.1 Å². The minimum atomic E-state index is 0. The highest BCUT2D eigenvalue weighted by Gasteiger charge is 2.14. The monoisotopic (exact) mass is 548 g/mol. The van der Waals surface area contributed by atoms with Crippen molar-refractivity contribution in [3.05, 3.63) is 90.0 Å². The van der Waals surface area contributed by atoms with Crippen LogP contribution in [0.15, 0.2) is 83.9 Å². The molecule has 0 aliphatic carbocycles. The van der Waals surface area contributed by atoms with Crippen molar-refractivity contribution < 1.29 is 9.47 Å². The van der Waals surface area contributed by atoms with Crippen LogP contribution >= 0.6 is 35.7 Å². The molecule has 4 nitrogen and oxygen atoms in total. The number of methoxy groups -OCH3 is 2. The molecule has 0 N–H and O–H groups in total. The first-order valence-electron chi connectivity index (χ1n) is 9.99. The van der Waals surface area contributed by atoms with Crippen molar-refractivity contribution in [2.24, 2.45) is 4.99 Å². The van der Waals surface area contributed by atoms with Gasteiger partial charge < -0.3 is 14.4 Å². The third-order valence-corrected chi connectivity index (χ3v) is 5.49. The van der Waals surface area contributed by atoms with Crippen molar-refractivity contribution in [2.75, 3.05) is 20.0 Å². The lowest BCUT2D eigenvalue weighted by Crippen LogP contribution is -2.28. The van der Waals surface area contributed by atoms with Crippen LogP contribution in [-0.2, 0) is 13.1 Å². The highest BCUT2D eigenvalue weighted by atomic mass is 127. The fourth-order valence-electron chi connectivity index (χ4n) is 3.03. The van der Waals surface area contributed by atoms with E-state index < -0.39 is 0 Å². The summed E-state index contributed by atoms with van der Waals surface area (Å²) in [7, 11) is 3.38. The standard InChI is InChI=1S/C25H28N2O2S.HI/c1-4-30-25(26-22-8-6-5-7-9-22)27(18-20-10-14-23(28-2)15-11-20)19-21-12-16-24(29-3)17-13-21;/h5-17H,4,18-19H2,1-3H3;1H. The van der Waals surface area contributed by atoms with E-state index in [0.29, 0.717) is 0 Å². The van der Waals surface area contributed by atoms with Crippen LogP contribution in [0.25, 0.3) is 0 Å². The minimum absolute atomic E-state index is 0. The van der Waals surface area contributed by atoms with Gasteiger partial charge in [0.05, 0.1) is 19.9 Å². The molecule has 0 aliphatic rings. The minimum Gasteiger partial charge on any atom is -0.497 e. The van der Waals surface area contributed by atoms with Gasteiger partial charge in [-0.15, -0.1) is 24.0 Å². The molecule has 0 aromatic heterocycles. The number of nitrogens with zero attached hydrogens (tertiary/aromatic N) is 2. The number of amidine groups is 1. The van der Waals surface area contributed by atoms with E-state index in [1.54, 1.807) is 26.0 Å². The van der Waals surface area contributed by atoms with Gasteiger partial charge in [0.15, 0.2) is 5.17 Å². The molecule has 0 aliphatic heterocycles. The maximum absolute atomic E-state index is 5.30. The fraction of sp³-hybridized carbons (Fsp3) is 0.240. The molecular formula is C25H29IN2O2S. The smallest absolute Gasteiger partial charge is 0.164 e. The summed E-state index contributed by atoms with van der Waals surface area (Å²) in [5.74, 6) is 2.68. The van der Waals surface area contributed by atoms with Crippen molar-refractivity contribution >= 4 is 46.6 Å². The van der Waals surface area contributed by atoms with Gasteiger partial charge in [-0.3, -0.25) is 0 Å². The molecule has 0 amide bonds. The van der Waals surface area contributed by atoms with E-state index in [4.69, 9.17) is 14.5 Å². The second-order valence-electron chi connectivity index (χ2n) is 6.72.